The normalized spacial score (nSPS) is 11.4. The van der Waals surface area contributed by atoms with Crippen LogP contribution in [0.2, 0.25) is 0 Å². The summed E-state index contributed by atoms with van der Waals surface area (Å²) in [6.45, 7) is 0. The second-order valence-corrected chi connectivity index (χ2v) is 9.12. The molecule has 0 spiro atoms. The van der Waals surface area contributed by atoms with Crippen molar-refractivity contribution < 1.29 is 8.78 Å². The molecule has 134 valence electrons. The van der Waals surface area contributed by atoms with Gasteiger partial charge in [0.2, 0.25) is 0 Å². The van der Waals surface area contributed by atoms with Crippen molar-refractivity contribution in [3.8, 4) is 0 Å². The number of benzene rings is 3. The summed E-state index contributed by atoms with van der Waals surface area (Å²) in [6.07, 6.45) is -2.56. The van der Waals surface area contributed by atoms with Crippen LogP contribution >= 0.6 is 23.9 Å². The fraction of sp³-hybridized carbons (Fsp3) is 0.0455. The van der Waals surface area contributed by atoms with Gasteiger partial charge in [-0.2, -0.15) is 0 Å². The van der Waals surface area contributed by atoms with E-state index in [0.717, 1.165) is 15.1 Å². The second-order valence-electron chi connectivity index (χ2n) is 6.04. The molecule has 0 saturated carbocycles. The Kier molecular flexibility index (Phi) is 5.29. The molecule has 4 rings (SSSR count). The summed E-state index contributed by atoms with van der Waals surface area (Å²) in [7, 11) is -1.02. The lowest BCUT2D eigenvalue weighted by Gasteiger charge is -2.20. The van der Waals surface area contributed by atoms with Gasteiger partial charge in [-0.15, -0.1) is 0 Å². The molecule has 0 amide bonds. The summed E-state index contributed by atoms with van der Waals surface area (Å²) in [4.78, 5) is 4.79. The van der Waals surface area contributed by atoms with Crippen molar-refractivity contribution in [2.75, 3.05) is 0 Å². The molecule has 0 unspecified atom stereocenters. The van der Waals surface area contributed by atoms with Crippen LogP contribution in [0.1, 0.15) is 12.0 Å². The molecule has 27 heavy (non-hydrogen) atoms. The zero-order valence-corrected chi connectivity index (χ0v) is 16.7. The smallest absolute Gasteiger partial charge is 0.247 e. The molecule has 4 aromatic rings. The first-order chi connectivity index (χ1) is 13.1. The molecule has 0 N–H and O–H groups in total. The van der Waals surface area contributed by atoms with E-state index in [2.05, 4.69) is 15.9 Å². The summed E-state index contributed by atoms with van der Waals surface area (Å²) in [5.41, 5.74) is 1.30. The molecule has 5 heteroatoms. The Balaban J connectivity index is 1.98. The topological polar surface area (TPSA) is 12.9 Å². The van der Waals surface area contributed by atoms with Gasteiger partial charge in [-0.05, 0) is 34.9 Å². The Labute approximate surface area is 166 Å². The van der Waals surface area contributed by atoms with Crippen LogP contribution in [0.4, 0.5) is 8.78 Å². The number of halogens is 3. The van der Waals surface area contributed by atoms with Gasteiger partial charge in [0, 0.05) is 23.3 Å². The number of hydrogen-bond donors (Lipinski definition) is 0. The van der Waals surface area contributed by atoms with Crippen molar-refractivity contribution in [2.24, 2.45) is 0 Å². The van der Waals surface area contributed by atoms with Gasteiger partial charge in [-0.25, -0.2) is 13.8 Å². The van der Waals surface area contributed by atoms with Crippen molar-refractivity contribution >= 4 is 50.8 Å². The zero-order chi connectivity index (χ0) is 18.8. The number of aromatic nitrogens is 1. The maximum absolute atomic E-state index is 13.8. The number of nitrogens with zero attached hydrogens (tertiary/aromatic N) is 1. The van der Waals surface area contributed by atoms with Gasteiger partial charge in [0.25, 0.3) is 6.43 Å². The maximum atomic E-state index is 13.8. The first-order valence-electron chi connectivity index (χ1n) is 8.42. The highest BCUT2D eigenvalue weighted by Gasteiger charge is 2.22. The van der Waals surface area contributed by atoms with Gasteiger partial charge >= 0.3 is 0 Å². The highest BCUT2D eigenvalue weighted by Crippen LogP contribution is 2.36. The predicted octanol–water partition coefficient (Wildman–Crippen LogP) is 5.69. The third-order valence-electron chi connectivity index (χ3n) is 4.28. The molecule has 3 aromatic carbocycles. The van der Waals surface area contributed by atoms with Gasteiger partial charge < -0.3 is 0 Å². The molecule has 0 aliphatic rings. The minimum atomic E-state index is -2.56. The van der Waals surface area contributed by atoms with E-state index in [1.165, 1.54) is 0 Å². The number of pyridine rings is 1. The second kappa shape index (κ2) is 7.84. The standard InChI is InChI=1S/C22H15BrF2NP/c23-15-11-12-20-18(13-15)19(22(24)25)14-21(26-20)27(16-7-3-1-4-8-16)17-9-5-2-6-10-17/h1-14,22H. The average molecular weight is 442 g/mol. The van der Waals surface area contributed by atoms with Gasteiger partial charge in [-0.3, -0.25) is 0 Å². The van der Waals surface area contributed by atoms with Crippen molar-refractivity contribution in [1.82, 2.24) is 4.98 Å². The number of hydrogen-bond acceptors (Lipinski definition) is 1. The van der Waals surface area contributed by atoms with E-state index < -0.39 is 14.3 Å². The molecule has 1 heterocycles. The van der Waals surface area contributed by atoms with Crippen LogP contribution in [0, 0.1) is 0 Å². The molecule has 0 aliphatic carbocycles. The van der Waals surface area contributed by atoms with Crippen LogP contribution in [-0.4, -0.2) is 4.98 Å². The SMILES string of the molecule is FC(F)c1cc(P(c2ccccc2)c2ccccc2)nc2ccc(Br)cc12. The summed E-state index contributed by atoms with van der Waals surface area (Å²) in [6, 6.07) is 26.9. The molecule has 0 fully saturated rings. The Morgan fingerprint density at radius 3 is 1.93 bits per heavy atom. The molecule has 0 radical (unpaired) electrons. The Bertz CT molecular complexity index is 1030. The van der Waals surface area contributed by atoms with E-state index in [4.69, 9.17) is 4.98 Å². The molecule has 0 atom stereocenters. The van der Waals surface area contributed by atoms with E-state index >= 15 is 0 Å². The van der Waals surface area contributed by atoms with Crippen LogP contribution in [0.3, 0.4) is 0 Å². The predicted molar refractivity (Wildman–Crippen MR) is 113 cm³/mol. The van der Waals surface area contributed by atoms with Gasteiger partial charge in [0.15, 0.2) is 0 Å². The molecule has 0 saturated heterocycles. The van der Waals surface area contributed by atoms with E-state index in [1.54, 1.807) is 18.2 Å². The van der Waals surface area contributed by atoms with Crippen molar-refractivity contribution in [3.63, 3.8) is 0 Å². The van der Waals surface area contributed by atoms with Crippen LogP contribution < -0.4 is 16.0 Å². The number of alkyl halides is 2. The molecular formula is C22H15BrF2NP. The fourth-order valence-electron chi connectivity index (χ4n) is 3.07. The van der Waals surface area contributed by atoms with E-state index in [9.17, 15) is 8.78 Å². The van der Waals surface area contributed by atoms with Crippen molar-refractivity contribution in [3.05, 3.63) is 95.0 Å². The minimum absolute atomic E-state index is 0.0238. The Morgan fingerprint density at radius 1 is 0.778 bits per heavy atom. The molecule has 1 aromatic heterocycles. The third kappa shape index (κ3) is 3.78. The highest BCUT2D eigenvalue weighted by molar-refractivity contribution is 9.10. The minimum Gasteiger partial charge on any atom is -0.247 e. The van der Waals surface area contributed by atoms with Crippen molar-refractivity contribution in [2.45, 2.75) is 6.43 Å². The Morgan fingerprint density at radius 2 is 1.37 bits per heavy atom. The lowest BCUT2D eigenvalue weighted by molar-refractivity contribution is 0.153. The van der Waals surface area contributed by atoms with E-state index in [-0.39, 0.29) is 5.56 Å². The van der Waals surface area contributed by atoms with Gasteiger partial charge in [0.05, 0.1) is 11.0 Å². The number of fused-ring (bicyclic) bond motifs is 1. The lowest BCUT2D eigenvalue weighted by Crippen LogP contribution is -2.23. The summed E-state index contributed by atoms with van der Waals surface area (Å²) in [5, 5.41) is 2.66. The van der Waals surface area contributed by atoms with Gasteiger partial charge in [-0.1, -0.05) is 76.6 Å². The quantitative estimate of drug-likeness (QED) is 0.370. The highest BCUT2D eigenvalue weighted by atomic mass is 79.9. The monoisotopic (exact) mass is 441 g/mol. The number of rotatable bonds is 4. The molecule has 1 nitrogen and oxygen atoms in total. The average Bonchev–Trinajstić information content (AvgIpc) is 2.69. The van der Waals surface area contributed by atoms with Crippen LogP contribution in [0.15, 0.2) is 89.4 Å². The summed E-state index contributed by atoms with van der Waals surface area (Å²) < 4.78 is 28.4. The van der Waals surface area contributed by atoms with E-state index in [0.29, 0.717) is 16.3 Å². The molecule has 0 aliphatic heterocycles. The van der Waals surface area contributed by atoms with Crippen LogP contribution in [-0.2, 0) is 0 Å². The molecule has 0 bridgehead atoms. The fourth-order valence-corrected chi connectivity index (χ4v) is 5.68. The first kappa shape index (κ1) is 18.2. The first-order valence-corrected chi connectivity index (χ1v) is 10.6. The largest absolute Gasteiger partial charge is 0.264 e. The third-order valence-corrected chi connectivity index (χ3v) is 7.09. The maximum Gasteiger partial charge on any atom is 0.264 e. The summed E-state index contributed by atoms with van der Waals surface area (Å²) >= 11 is 3.37. The summed E-state index contributed by atoms with van der Waals surface area (Å²) in [5.74, 6) is 0. The Hall–Kier alpha value is -2.16. The zero-order valence-electron chi connectivity index (χ0n) is 14.2. The van der Waals surface area contributed by atoms with Crippen molar-refractivity contribution in [1.29, 1.82) is 0 Å². The molecular weight excluding hydrogens is 427 g/mol. The van der Waals surface area contributed by atoms with Gasteiger partial charge in [0.1, 0.15) is 0 Å². The van der Waals surface area contributed by atoms with E-state index in [1.807, 2.05) is 66.7 Å². The van der Waals surface area contributed by atoms with Crippen LogP contribution in [0.5, 0.6) is 0 Å². The lowest BCUT2D eigenvalue weighted by atomic mass is 10.1. The van der Waals surface area contributed by atoms with Crippen LogP contribution in [0.25, 0.3) is 10.9 Å².